The molecule has 3 aliphatic rings. The summed E-state index contributed by atoms with van der Waals surface area (Å²) in [6.07, 6.45) is -1.69. The molecular formula is C29H30N2O11S. The zero-order chi connectivity index (χ0) is 32.3. The zero-order valence-corrected chi connectivity index (χ0v) is 24.0. The van der Waals surface area contributed by atoms with E-state index in [2.05, 4.69) is 6.58 Å². The molecule has 8 N–H and O–H groups in total. The summed E-state index contributed by atoms with van der Waals surface area (Å²) in [5.41, 5.74) is 2.01. The monoisotopic (exact) mass is 614 g/mol. The molecule has 14 heteroatoms. The second kappa shape index (κ2) is 10.7. The highest BCUT2D eigenvalue weighted by Crippen LogP contribution is 2.54. The van der Waals surface area contributed by atoms with E-state index in [0.29, 0.717) is 0 Å². The van der Waals surface area contributed by atoms with Crippen LogP contribution in [0.2, 0.25) is 0 Å². The molecule has 5 atom stereocenters. The van der Waals surface area contributed by atoms with Gasteiger partial charge in [-0.15, -0.1) is 0 Å². The minimum atomic E-state index is -4.02. The second-order valence-electron chi connectivity index (χ2n) is 10.7. The van der Waals surface area contributed by atoms with Crippen LogP contribution in [0.5, 0.6) is 5.75 Å². The maximum Gasteiger partial charge on any atom is 0.294 e. The Hall–Kier alpha value is -4.34. The SMILES string of the molecule is C=C1c2cccc(O)c2C(=O)C2=C(O)[C@]3(O)C(=O)C(C(N)=O)=C(O)[C@@H](N(C)C)[C@H]3[C@@H](O)[C@H]12.Cc1ccc(S(=O)(=O)O)cc1. The molecule has 43 heavy (non-hydrogen) atoms. The number of fused-ring (bicyclic) bond motifs is 3. The number of aromatic hydroxyl groups is 1. The number of nitrogens with two attached hydrogens (primary N) is 1. The summed E-state index contributed by atoms with van der Waals surface area (Å²) in [6.45, 7) is 5.76. The van der Waals surface area contributed by atoms with Crippen molar-refractivity contribution in [1.29, 1.82) is 0 Å². The average Bonchev–Trinajstić information content (AvgIpc) is 2.90. The summed E-state index contributed by atoms with van der Waals surface area (Å²) in [6, 6.07) is 8.91. The summed E-state index contributed by atoms with van der Waals surface area (Å²) in [5.74, 6) is -8.77. The van der Waals surface area contributed by atoms with E-state index in [1.165, 1.54) is 49.3 Å². The van der Waals surface area contributed by atoms with Gasteiger partial charge in [-0.05, 0) is 50.4 Å². The maximum atomic E-state index is 13.3. The number of amides is 1. The number of ketones is 2. The Kier molecular flexibility index (Phi) is 7.89. The Morgan fingerprint density at radius 1 is 1.05 bits per heavy atom. The third-order valence-corrected chi connectivity index (χ3v) is 8.79. The van der Waals surface area contributed by atoms with Crippen LogP contribution < -0.4 is 5.73 Å². The Labute approximate surface area is 246 Å². The molecule has 0 aliphatic heterocycles. The van der Waals surface area contributed by atoms with Crippen molar-refractivity contribution in [3.63, 3.8) is 0 Å². The van der Waals surface area contributed by atoms with E-state index in [4.69, 9.17) is 10.3 Å². The minimum Gasteiger partial charge on any atom is -0.510 e. The van der Waals surface area contributed by atoms with E-state index in [0.717, 1.165) is 5.56 Å². The van der Waals surface area contributed by atoms with Crippen molar-refractivity contribution < 1.29 is 52.9 Å². The molecule has 0 heterocycles. The number of phenolic OH excluding ortho intramolecular Hbond substituents is 1. The van der Waals surface area contributed by atoms with Gasteiger partial charge in [-0.25, -0.2) is 0 Å². The van der Waals surface area contributed by atoms with Gasteiger partial charge in [0.25, 0.3) is 16.0 Å². The Balaban J connectivity index is 0.000000324. The first-order valence-corrected chi connectivity index (χ1v) is 14.2. The molecule has 228 valence electrons. The molecule has 0 aromatic heterocycles. The number of likely N-dealkylation sites (N-methyl/N-ethyl adjacent to an activating group) is 1. The van der Waals surface area contributed by atoms with Crippen molar-refractivity contribution in [3.05, 3.63) is 88.4 Å². The van der Waals surface area contributed by atoms with Gasteiger partial charge in [0.1, 0.15) is 22.8 Å². The van der Waals surface area contributed by atoms with E-state index in [-0.39, 0.29) is 21.6 Å². The number of carbonyl (C=O) groups is 3. The Morgan fingerprint density at radius 3 is 2.14 bits per heavy atom. The first-order chi connectivity index (χ1) is 19.9. The fourth-order valence-electron chi connectivity index (χ4n) is 5.93. The molecule has 0 saturated heterocycles. The zero-order valence-electron chi connectivity index (χ0n) is 23.2. The summed E-state index contributed by atoms with van der Waals surface area (Å²) in [7, 11) is -1.09. The quantitative estimate of drug-likeness (QED) is 0.188. The van der Waals surface area contributed by atoms with Crippen LogP contribution in [0.1, 0.15) is 21.5 Å². The number of aryl methyl sites for hydroxylation is 1. The third kappa shape index (κ3) is 4.82. The summed E-state index contributed by atoms with van der Waals surface area (Å²) >= 11 is 0. The normalized spacial score (nSPS) is 26.8. The topological polar surface area (TPSA) is 236 Å². The number of Topliss-reactive ketones (excluding diaryl/α,β-unsaturated/α-hetero) is 2. The number of hydrogen-bond donors (Lipinski definition) is 7. The van der Waals surface area contributed by atoms with Crippen LogP contribution in [0, 0.1) is 18.8 Å². The van der Waals surface area contributed by atoms with Crippen LogP contribution in [0.4, 0.5) is 0 Å². The molecule has 0 saturated carbocycles. The van der Waals surface area contributed by atoms with Gasteiger partial charge >= 0.3 is 0 Å². The van der Waals surface area contributed by atoms with Crippen LogP contribution in [-0.4, -0.2) is 92.7 Å². The molecule has 5 rings (SSSR count). The van der Waals surface area contributed by atoms with E-state index in [9.17, 15) is 48.3 Å². The lowest BCUT2D eigenvalue weighted by Crippen LogP contribution is -2.68. The van der Waals surface area contributed by atoms with Crippen LogP contribution in [0.3, 0.4) is 0 Å². The van der Waals surface area contributed by atoms with Crippen LogP contribution >= 0.6 is 0 Å². The molecule has 0 radical (unpaired) electrons. The van der Waals surface area contributed by atoms with Crippen molar-refractivity contribution >= 4 is 33.2 Å². The first kappa shape index (κ1) is 31.6. The number of nitrogens with zero attached hydrogens (tertiary/aromatic N) is 1. The number of benzene rings is 2. The third-order valence-electron chi connectivity index (χ3n) is 7.93. The van der Waals surface area contributed by atoms with Gasteiger partial charge in [0.05, 0.1) is 34.1 Å². The number of aliphatic hydroxyl groups is 4. The Bertz CT molecular complexity index is 1740. The highest BCUT2D eigenvalue weighted by molar-refractivity contribution is 7.85. The van der Waals surface area contributed by atoms with Gasteiger partial charge in [-0.3, -0.25) is 23.8 Å². The molecule has 0 fully saturated rings. The van der Waals surface area contributed by atoms with Crippen LogP contribution in [0.15, 0.2) is 76.6 Å². The van der Waals surface area contributed by atoms with Gasteiger partial charge in [-0.1, -0.05) is 36.4 Å². The van der Waals surface area contributed by atoms with Gasteiger partial charge in [-0.2, -0.15) is 8.42 Å². The average molecular weight is 615 g/mol. The fraction of sp³-hybridized carbons (Fsp3) is 0.276. The van der Waals surface area contributed by atoms with Gasteiger partial charge in [0.15, 0.2) is 11.4 Å². The summed E-state index contributed by atoms with van der Waals surface area (Å²) < 4.78 is 29.6. The van der Waals surface area contributed by atoms with E-state index >= 15 is 0 Å². The largest absolute Gasteiger partial charge is 0.510 e. The molecule has 1 amide bonds. The fourth-order valence-corrected chi connectivity index (χ4v) is 6.41. The van der Waals surface area contributed by atoms with E-state index < -0.39 is 85.6 Å². The lowest BCUT2D eigenvalue weighted by atomic mass is 9.56. The molecule has 13 nitrogen and oxygen atoms in total. The summed E-state index contributed by atoms with van der Waals surface area (Å²) in [4.78, 5) is 39.6. The number of carbonyl (C=O) groups excluding carboxylic acids is 3. The van der Waals surface area contributed by atoms with Crippen molar-refractivity contribution in [3.8, 4) is 5.75 Å². The summed E-state index contributed by atoms with van der Waals surface area (Å²) in [5, 5.41) is 54.8. The van der Waals surface area contributed by atoms with Crippen LogP contribution in [0.25, 0.3) is 5.57 Å². The molecule has 2 aromatic carbocycles. The predicted molar refractivity (Wildman–Crippen MR) is 151 cm³/mol. The Morgan fingerprint density at radius 2 is 1.63 bits per heavy atom. The second-order valence-corrected chi connectivity index (χ2v) is 12.1. The smallest absolute Gasteiger partial charge is 0.294 e. The van der Waals surface area contributed by atoms with Crippen molar-refractivity contribution in [2.75, 3.05) is 14.1 Å². The number of hydrogen-bond acceptors (Lipinski definition) is 11. The minimum absolute atomic E-state index is 0.0666. The van der Waals surface area contributed by atoms with Gasteiger partial charge in [0, 0.05) is 5.92 Å². The molecule has 0 unspecified atom stereocenters. The van der Waals surface area contributed by atoms with Gasteiger partial charge in [0.2, 0.25) is 5.78 Å². The molecule has 3 aliphatic carbocycles. The lowest BCUT2D eigenvalue weighted by Gasteiger charge is -2.52. The number of rotatable bonds is 3. The lowest BCUT2D eigenvalue weighted by molar-refractivity contribution is -0.159. The van der Waals surface area contributed by atoms with E-state index in [1.807, 2.05) is 6.92 Å². The van der Waals surface area contributed by atoms with Crippen molar-refractivity contribution in [2.24, 2.45) is 17.6 Å². The number of primary amides is 1. The van der Waals surface area contributed by atoms with Gasteiger partial charge < -0.3 is 31.3 Å². The molecular weight excluding hydrogens is 584 g/mol. The van der Waals surface area contributed by atoms with E-state index in [1.54, 1.807) is 12.1 Å². The van der Waals surface area contributed by atoms with Crippen molar-refractivity contribution in [2.45, 2.75) is 29.6 Å². The van der Waals surface area contributed by atoms with Crippen molar-refractivity contribution in [1.82, 2.24) is 4.90 Å². The molecule has 0 bridgehead atoms. The first-order valence-electron chi connectivity index (χ1n) is 12.7. The molecule has 2 aromatic rings. The standard InChI is InChI=1S/C22H22N2O8.C7H8O3S/c1-7-8-5-4-6-9(25)11(8)16(26)12-10(7)17(27)14-15(24(2)3)18(28)13(21(23)31)20(30)22(14,32)19(12)29;1-6-2-4-7(5-3-6)11(8,9)10/h4-6,10,14-15,17,25,27-29,32H,1H2,2-3H3,(H2,23,31);2-5H,1H3,(H,8,9,10)/t10-,14+,15+,17+,22+;/m1./s1. The highest BCUT2D eigenvalue weighted by Gasteiger charge is 2.67. The number of aliphatic hydroxyl groups excluding tert-OH is 3. The maximum absolute atomic E-state index is 13.3. The number of phenols is 1. The molecule has 0 spiro atoms. The van der Waals surface area contributed by atoms with Crippen LogP contribution in [-0.2, 0) is 19.7 Å². The highest BCUT2D eigenvalue weighted by atomic mass is 32.2. The predicted octanol–water partition coefficient (Wildman–Crippen LogP) is 0.804.